The number of nitrogens with two attached hydrogens (primary N) is 2. The van der Waals surface area contributed by atoms with E-state index in [1.54, 1.807) is 6.07 Å². The number of primary amides is 1. The minimum absolute atomic E-state index is 0.115. The molecule has 9 nitrogen and oxygen atoms in total. The number of fused-ring (bicyclic) bond motifs is 1. The summed E-state index contributed by atoms with van der Waals surface area (Å²) in [6, 6.07) is 6.71. The molecule has 10 heteroatoms. The van der Waals surface area contributed by atoms with E-state index in [2.05, 4.69) is 10.3 Å². The van der Waals surface area contributed by atoms with Crippen LogP contribution in [0.5, 0.6) is 0 Å². The number of thiophene rings is 1. The van der Waals surface area contributed by atoms with Gasteiger partial charge in [0, 0.05) is 23.9 Å². The average Bonchev–Trinajstić information content (AvgIpc) is 2.93. The lowest BCUT2D eigenvalue weighted by atomic mass is 10.1. The van der Waals surface area contributed by atoms with E-state index in [-0.39, 0.29) is 21.8 Å². The van der Waals surface area contributed by atoms with Crippen LogP contribution >= 0.6 is 11.3 Å². The highest BCUT2D eigenvalue weighted by Crippen LogP contribution is 2.36. The van der Waals surface area contributed by atoms with E-state index in [9.17, 15) is 19.7 Å². The number of pyridine rings is 1. The lowest BCUT2D eigenvalue weighted by Crippen LogP contribution is -2.13. The zero-order valence-corrected chi connectivity index (χ0v) is 13.4. The van der Waals surface area contributed by atoms with Gasteiger partial charge in [-0.2, -0.15) is 0 Å². The van der Waals surface area contributed by atoms with Crippen molar-refractivity contribution in [2.24, 2.45) is 5.73 Å². The number of non-ortho nitro benzene ring substituents is 1. The number of amides is 2. The molecule has 2 amide bonds. The van der Waals surface area contributed by atoms with E-state index >= 15 is 0 Å². The molecule has 0 aliphatic rings. The van der Waals surface area contributed by atoms with Crippen LogP contribution in [0.15, 0.2) is 36.5 Å². The first-order valence-corrected chi connectivity index (χ1v) is 7.72. The zero-order chi connectivity index (χ0) is 18.1. The minimum atomic E-state index is -0.673. The highest BCUT2D eigenvalue weighted by Gasteiger charge is 2.19. The molecule has 0 aliphatic heterocycles. The molecular formula is C15H11N5O4S. The van der Waals surface area contributed by atoms with Crippen molar-refractivity contribution >= 4 is 50.4 Å². The normalized spacial score (nSPS) is 10.6. The van der Waals surface area contributed by atoms with Gasteiger partial charge in [-0.3, -0.25) is 19.7 Å². The van der Waals surface area contributed by atoms with Crippen LogP contribution in [0.3, 0.4) is 0 Å². The highest BCUT2D eigenvalue weighted by molar-refractivity contribution is 7.21. The maximum Gasteiger partial charge on any atom is 0.269 e. The Bertz CT molecular complexity index is 1010. The van der Waals surface area contributed by atoms with Gasteiger partial charge in [-0.05, 0) is 18.2 Å². The van der Waals surface area contributed by atoms with Crippen molar-refractivity contribution in [2.75, 3.05) is 11.1 Å². The largest absolute Gasteiger partial charge is 0.397 e. The van der Waals surface area contributed by atoms with Crippen LogP contribution in [0.2, 0.25) is 0 Å². The van der Waals surface area contributed by atoms with Crippen molar-refractivity contribution in [2.45, 2.75) is 0 Å². The van der Waals surface area contributed by atoms with Crippen LogP contribution in [0.1, 0.15) is 20.0 Å². The van der Waals surface area contributed by atoms with E-state index in [1.165, 1.54) is 30.5 Å². The number of carbonyl (C=O) groups is 2. The molecule has 25 heavy (non-hydrogen) atoms. The van der Waals surface area contributed by atoms with E-state index < -0.39 is 16.7 Å². The minimum Gasteiger partial charge on any atom is -0.397 e. The molecule has 2 heterocycles. The maximum absolute atomic E-state index is 12.4. The van der Waals surface area contributed by atoms with Crippen molar-refractivity contribution < 1.29 is 14.5 Å². The maximum atomic E-state index is 12.4. The molecule has 0 aliphatic carbocycles. The first kappa shape index (κ1) is 16.3. The lowest BCUT2D eigenvalue weighted by Gasteiger charge is -2.07. The summed E-state index contributed by atoms with van der Waals surface area (Å²) in [6.07, 6.45) is 1.47. The number of nitro benzene ring substituents is 1. The van der Waals surface area contributed by atoms with Crippen molar-refractivity contribution in [3.05, 3.63) is 57.1 Å². The number of nitro groups is 1. The van der Waals surface area contributed by atoms with Crippen LogP contribution < -0.4 is 16.8 Å². The van der Waals surface area contributed by atoms with E-state index in [4.69, 9.17) is 11.5 Å². The molecule has 0 saturated carbocycles. The van der Waals surface area contributed by atoms with E-state index in [0.717, 1.165) is 11.3 Å². The number of rotatable bonds is 4. The zero-order valence-electron chi connectivity index (χ0n) is 12.6. The molecule has 0 fully saturated rings. The topological polar surface area (TPSA) is 154 Å². The molecule has 0 atom stereocenters. The third kappa shape index (κ3) is 2.97. The molecule has 5 N–H and O–H groups in total. The number of hydrogen-bond donors (Lipinski definition) is 3. The Morgan fingerprint density at radius 3 is 2.48 bits per heavy atom. The number of carbonyl (C=O) groups excluding carboxylic acids is 2. The molecular weight excluding hydrogens is 346 g/mol. The van der Waals surface area contributed by atoms with Gasteiger partial charge in [0.2, 0.25) is 0 Å². The smallest absolute Gasteiger partial charge is 0.269 e. The molecule has 0 radical (unpaired) electrons. The molecule has 3 rings (SSSR count). The summed E-state index contributed by atoms with van der Waals surface area (Å²) in [5.74, 6) is -1.15. The van der Waals surface area contributed by atoms with Crippen LogP contribution in [0.25, 0.3) is 10.2 Å². The molecule has 0 saturated heterocycles. The monoisotopic (exact) mass is 357 g/mol. The summed E-state index contributed by atoms with van der Waals surface area (Å²) < 4.78 is 0. The Balaban J connectivity index is 1.96. The van der Waals surface area contributed by atoms with Gasteiger partial charge in [-0.1, -0.05) is 0 Å². The SMILES string of the molecule is NC(=O)c1sc2nccc(NC(=O)c3ccc([N+](=O)[O-])cc3)c2c1N. The summed E-state index contributed by atoms with van der Waals surface area (Å²) in [6.45, 7) is 0. The Hall–Kier alpha value is -3.53. The van der Waals surface area contributed by atoms with Crippen LogP contribution in [-0.2, 0) is 0 Å². The number of nitrogens with one attached hydrogen (secondary N) is 1. The molecule has 2 aromatic heterocycles. The quantitative estimate of drug-likeness (QED) is 0.480. The van der Waals surface area contributed by atoms with E-state index in [1.807, 2.05) is 0 Å². The molecule has 3 aromatic rings. The van der Waals surface area contributed by atoms with Crippen molar-refractivity contribution in [3.8, 4) is 0 Å². The van der Waals surface area contributed by atoms with Crippen LogP contribution in [-0.4, -0.2) is 21.7 Å². The van der Waals surface area contributed by atoms with Gasteiger partial charge in [0.05, 0.1) is 21.7 Å². The first-order valence-electron chi connectivity index (χ1n) is 6.91. The standard InChI is InChI=1S/C15H11N5O4S/c16-11-10-9(5-6-18-15(10)25-12(11)13(17)21)19-14(22)7-1-3-8(4-2-7)20(23)24/h1-6H,16H2,(H2,17,21)(H,18,19,22). The van der Waals surface area contributed by atoms with Gasteiger partial charge in [0.25, 0.3) is 17.5 Å². The van der Waals surface area contributed by atoms with Crippen molar-refractivity contribution in [1.82, 2.24) is 4.98 Å². The number of aromatic nitrogens is 1. The summed E-state index contributed by atoms with van der Waals surface area (Å²) in [4.78, 5) is 38.6. The van der Waals surface area contributed by atoms with Crippen molar-refractivity contribution in [1.29, 1.82) is 0 Å². The second-order valence-electron chi connectivity index (χ2n) is 5.01. The Morgan fingerprint density at radius 2 is 1.88 bits per heavy atom. The molecule has 126 valence electrons. The van der Waals surface area contributed by atoms with Crippen LogP contribution in [0, 0.1) is 10.1 Å². The summed E-state index contributed by atoms with van der Waals surface area (Å²) >= 11 is 1.04. The summed E-state index contributed by atoms with van der Waals surface area (Å²) in [7, 11) is 0. The second-order valence-corrected chi connectivity index (χ2v) is 6.00. The van der Waals surface area contributed by atoms with Gasteiger partial charge in [0.1, 0.15) is 9.71 Å². The lowest BCUT2D eigenvalue weighted by molar-refractivity contribution is -0.384. The summed E-state index contributed by atoms with van der Waals surface area (Å²) in [5.41, 5.74) is 11.9. The predicted molar refractivity (Wildman–Crippen MR) is 93.6 cm³/mol. The third-order valence-corrected chi connectivity index (χ3v) is 4.57. The fourth-order valence-corrected chi connectivity index (χ4v) is 3.20. The molecule has 0 spiro atoms. The summed E-state index contributed by atoms with van der Waals surface area (Å²) in [5, 5.41) is 13.8. The Labute approximate surface area is 144 Å². The number of anilines is 2. The van der Waals surface area contributed by atoms with Gasteiger partial charge >= 0.3 is 0 Å². The van der Waals surface area contributed by atoms with Gasteiger partial charge in [-0.15, -0.1) is 11.3 Å². The Morgan fingerprint density at radius 1 is 1.20 bits per heavy atom. The van der Waals surface area contributed by atoms with Gasteiger partial charge in [-0.25, -0.2) is 4.98 Å². The van der Waals surface area contributed by atoms with Gasteiger partial charge < -0.3 is 16.8 Å². The highest BCUT2D eigenvalue weighted by atomic mass is 32.1. The predicted octanol–water partition coefficient (Wildman–Crippen LogP) is 2.14. The molecule has 0 unspecified atom stereocenters. The Kier molecular flexibility index (Phi) is 4.03. The third-order valence-electron chi connectivity index (χ3n) is 3.44. The fraction of sp³-hybridized carbons (Fsp3) is 0. The van der Waals surface area contributed by atoms with E-state index in [0.29, 0.717) is 15.9 Å². The van der Waals surface area contributed by atoms with Crippen LogP contribution in [0.4, 0.5) is 17.1 Å². The fourth-order valence-electron chi connectivity index (χ4n) is 2.26. The van der Waals surface area contributed by atoms with Gasteiger partial charge in [0.15, 0.2) is 0 Å². The molecule has 1 aromatic carbocycles. The molecule has 0 bridgehead atoms. The van der Waals surface area contributed by atoms with Crippen molar-refractivity contribution in [3.63, 3.8) is 0 Å². The second kappa shape index (κ2) is 6.17. The average molecular weight is 357 g/mol. The first-order chi connectivity index (χ1) is 11.9. The number of hydrogen-bond acceptors (Lipinski definition) is 7. The number of benzene rings is 1. The number of nitrogen functional groups attached to an aromatic ring is 1. The number of nitrogens with zero attached hydrogens (tertiary/aromatic N) is 2.